The third-order valence-corrected chi connectivity index (χ3v) is 5.95. The molecule has 4 N–H and O–H groups in total. The van der Waals surface area contributed by atoms with E-state index < -0.39 is 0 Å². The van der Waals surface area contributed by atoms with Gasteiger partial charge in [0, 0.05) is 28.7 Å². The van der Waals surface area contributed by atoms with Crippen LogP contribution in [0.5, 0.6) is 11.6 Å². The fourth-order valence-electron chi connectivity index (χ4n) is 4.06. The van der Waals surface area contributed by atoms with Crippen molar-refractivity contribution in [3.05, 3.63) is 83.9 Å². The van der Waals surface area contributed by atoms with Gasteiger partial charge in [0.1, 0.15) is 5.75 Å². The first-order valence-corrected chi connectivity index (χ1v) is 11.8. The Kier molecular flexibility index (Phi) is 7.50. The molecular formula is C28H32N4O2. The number of ether oxygens (including phenoxy) is 1. The fraction of sp³-hybridized carbons (Fsp3) is 0.250. The number of rotatable bonds is 10. The Labute approximate surface area is 200 Å². The predicted octanol–water partition coefficient (Wildman–Crippen LogP) is 5.74. The average Bonchev–Trinajstić information content (AvgIpc) is 3.18. The van der Waals surface area contributed by atoms with Gasteiger partial charge in [-0.2, -0.15) is 0 Å². The van der Waals surface area contributed by atoms with Crippen LogP contribution in [-0.4, -0.2) is 46.9 Å². The van der Waals surface area contributed by atoms with Crippen LogP contribution in [0.15, 0.2) is 77.8 Å². The highest BCUT2D eigenvalue weighted by molar-refractivity contribution is 6.22. The molecule has 1 aromatic heterocycles. The molecule has 3 aromatic carbocycles. The molecular weight excluding hydrogens is 424 g/mol. The number of nitrogens with zero attached hydrogens (tertiary/aromatic N) is 2. The maximum Gasteiger partial charge on any atom is 0.199 e. The zero-order chi connectivity index (χ0) is 23.9. The first-order valence-electron chi connectivity index (χ1n) is 11.8. The van der Waals surface area contributed by atoms with Gasteiger partial charge in [-0.1, -0.05) is 44.2 Å². The predicted molar refractivity (Wildman–Crippen MR) is 140 cm³/mol. The van der Waals surface area contributed by atoms with Crippen LogP contribution in [0.1, 0.15) is 31.4 Å². The van der Waals surface area contributed by atoms with E-state index in [-0.39, 0.29) is 5.88 Å². The van der Waals surface area contributed by atoms with Gasteiger partial charge in [0.25, 0.3) is 0 Å². The Morgan fingerprint density at radius 2 is 1.74 bits per heavy atom. The van der Waals surface area contributed by atoms with Gasteiger partial charge in [-0.25, -0.2) is 4.99 Å². The molecule has 0 unspecified atom stereocenters. The molecule has 0 aliphatic carbocycles. The van der Waals surface area contributed by atoms with Crippen molar-refractivity contribution in [2.75, 3.05) is 32.0 Å². The van der Waals surface area contributed by atoms with Crippen LogP contribution < -0.4 is 10.5 Å². The maximum absolute atomic E-state index is 10.8. The summed E-state index contributed by atoms with van der Waals surface area (Å²) in [6.45, 7) is 8.20. The largest absolute Gasteiger partial charge is 0.494 e. The monoisotopic (exact) mass is 456 g/mol. The summed E-state index contributed by atoms with van der Waals surface area (Å²) in [7, 11) is 0. The molecule has 0 radical (unpaired) electrons. The maximum atomic E-state index is 10.8. The molecule has 34 heavy (non-hydrogen) atoms. The molecule has 176 valence electrons. The Bertz CT molecular complexity index is 1240. The van der Waals surface area contributed by atoms with E-state index in [0.717, 1.165) is 54.0 Å². The van der Waals surface area contributed by atoms with E-state index in [1.54, 1.807) is 0 Å². The van der Waals surface area contributed by atoms with Crippen molar-refractivity contribution in [1.29, 1.82) is 0 Å². The second-order valence-corrected chi connectivity index (χ2v) is 8.20. The van der Waals surface area contributed by atoms with Gasteiger partial charge >= 0.3 is 0 Å². The van der Waals surface area contributed by atoms with Crippen molar-refractivity contribution in [3.63, 3.8) is 0 Å². The first kappa shape index (κ1) is 23.4. The van der Waals surface area contributed by atoms with Crippen LogP contribution in [0.2, 0.25) is 0 Å². The number of fused-ring (bicyclic) bond motifs is 1. The lowest BCUT2D eigenvalue weighted by atomic mass is 10.0. The molecule has 4 aromatic rings. The van der Waals surface area contributed by atoms with E-state index >= 15 is 0 Å². The minimum atomic E-state index is 0.0661. The number of nitrogens with one attached hydrogen (secondary N) is 1. The van der Waals surface area contributed by atoms with Crippen molar-refractivity contribution >= 4 is 28.0 Å². The molecule has 0 saturated carbocycles. The van der Waals surface area contributed by atoms with Crippen LogP contribution in [0, 0.1) is 0 Å². The third kappa shape index (κ3) is 5.41. The van der Waals surface area contributed by atoms with E-state index in [0.29, 0.717) is 23.6 Å². The molecule has 0 aliphatic heterocycles. The van der Waals surface area contributed by atoms with Crippen molar-refractivity contribution in [3.8, 4) is 11.6 Å². The number of hydrogen-bond acceptors (Lipinski definition) is 5. The van der Waals surface area contributed by atoms with Gasteiger partial charge in [0.05, 0.1) is 23.6 Å². The number of aromatic nitrogens is 1. The summed E-state index contributed by atoms with van der Waals surface area (Å²) in [5.74, 6) is 0.888. The number of aromatic amines is 1. The Morgan fingerprint density at radius 3 is 2.44 bits per heavy atom. The van der Waals surface area contributed by atoms with Crippen molar-refractivity contribution < 1.29 is 9.84 Å². The van der Waals surface area contributed by atoms with Crippen molar-refractivity contribution in [1.82, 2.24) is 9.88 Å². The molecule has 0 aliphatic rings. The number of anilines is 1. The Hall–Kier alpha value is -3.77. The van der Waals surface area contributed by atoms with Gasteiger partial charge in [-0.15, -0.1) is 0 Å². The van der Waals surface area contributed by atoms with Gasteiger partial charge in [-0.3, -0.25) is 0 Å². The second-order valence-electron chi connectivity index (χ2n) is 8.20. The topological polar surface area (TPSA) is 86.9 Å². The summed E-state index contributed by atoms with van der Waals surface area (Å²) >= 11 is 0. The van der Waals surface area contributed by atoms with E-state index in [1.807, 2.05) is 72.8 Å². The van der Waals surface area contributed by atoms with Crippen LogP contribution in [0.3, 0.4) is 0 Å². The molecule has 1 heterocycles. The lowest BCUT2D eigenvalue weighted by Crippen LogP contribution is -2.25. The second kappa shape index (κ2) is 10.9. The Balaban J connectivity index is 1.60. The number of H-pyrrole nitrogens is 1. The summed E-state index contributed by atoms with van der Waals surface area (Å²) in [6, 6.07) is 23.1. The third-order valence-electron chi connectivity index (χ3n) is 5.95. The number of benzene rings is 3. The SMILES string of the molecule is CCN(CC)CCCOc1ccc(N=C(c2ccccc2)c2c(O)[nH]c3ccc(N)cc23)cc1. The fourth-order valence-corrected chi connectivity index (χ4v) is 4.06. The summed E-state index contributed by atoms with van der Waals surface area (Å²) < 4.78 is 5.92. The zero-order valence-corrected chi connectivity index (χ0v) is 19.8. The van der Waals surface area contributed by atoms with Crippen LogP contribution >= 0.6 is 0 Å². The van der Waals surface area contributed by atoms with Crippen molar-refractivity contribution in [2.45, 2.75) is 20.3 Å². The molecule has 6 heteroatoms. The Morgan fingerprint density at radius 1 is 1.00 bits per heavy atom. The summed E-state index contributed by atoms with van der Waals surface area (Å²) in [6.07, 6.45) is 0.989. The quantitative estimate of drug-likeness (QED) is 0.161. The smallest absolute Gasteiger partial charge is 0.199 e. The van der Waals surface area contributed by atoms with E-state index in [9.17, 15) is 5.11 Å². The molecule has 4 rings (SSSR count). The first-order chi connectivity index (χ1) is 16.6. The minimum Gasteiger partial charge on any atom is -0.494 e. The summed E-state index contributed by atoms with van der Waals surface area (Å²) in [5.41, 5.74) is 10.4. The molecule has 0 spiro atoms. The standard InChI is InChI=1S/C28H32N4O2/c1-3-32(4-2)17-8-18-34-23-14-12-22(13-15-23)30-27(20-9-6-5-7-10-20)26-24-19-21(29)11-16-25(24)31-28(26)33/h5-7,9-16,19,31,33H,3-4,8,17-18,29H2,1-2H3. The van der Waals surface area contributed by atoms with Gasteiger partial charge in [0.2, 0.25) is 0 Å². The molecule has 0 amide bonds. The zero-order valence-electron chi connectivity index (χ0n) is 19.8. The lowest BCUT2D eigenvalue weighted by Gasteiger charge is -2.17. The molecule has 6 nitrogen and oxygen atoms in total. The highest BCUT2D eigenvalue weighted by atomic mass is 16.5. The minimum absolute atomic E-state index is 0.0661. The van der Waals surface area contributed by atoms with E-state index in [1.165, 1.54) is 0 Å². The number of hydrogen-bond donors (Lipinski definition) is 3. The van der Waals surface area contributed by atoms with Crippen LogP contribution in [0.4, 0.5) is 11.4 Å². The number of nitrogen functional groups attached to an aromatic ring is 1. The molecule has 0 atom stereocenters. The summed E-state index contributed by atoms with van der Waals surface area (Å²) in [4.78, 5) is 10.4. The number of nitrogens with two attached hydrogens (primary N) is 1. The average molecular weight is 457 g/mol. The normalized spacial score (nSPS) is 11.9. The lowest BCUT2D eigenvalue weighted by molar-refractivity contribution is 0.249. The van der Waals surface area contributed by atoms with Gasteiger partial charge < -0.3 is 25.5 Å². The van der Waals surface area contributed by atoms with E-state index in [4.69, 9.17) is 15.5 Å². The molecule has 0 fully saturated rings. The number of aromatic hydroxyl groups is 1. The van der Waals surface area contributed by atoms with E-state index in [2.05, 4.69) is 23.7 Å². The van der Waals surface area contributed by atoms with Crippen LogP contribution in [0.25, 0.3) is 10.9 Å². The molecule has 0 bridgehead atoms. The summed E-state index contributed by atoms with van der Waals surface area (Å²) in [5, 5.41) is 11.6. The van der Waals surface area contributed by atoms with Gasteiger partial charge in [-0.05, 0) is 62.0 Å². The van der Waals surface area contributed by atoms with Crippen molar-refractivity contribution in [2.24, 2.45) is 4.99 Å². The van der Waals surface area contributed by atoms with Crippen LogP contribution in [-0.2, 0) is 0 Å². The molecule has 0 saturated heterocycles. The highest BCUT2D eigenvalue weighted by Gasteiger charge is 2.18. The number of aliphatic imine (C=N–C) groups is 1. The highest BCUT2D eigenvalue weighted by Crippen LogP contribution is 2.32. The van der Waals surface area contributed by atoms with Gasteiger partial charge in [0.15, 0.2) is 5.88 Å².